The second kappa shape index (κ2) is 7.95. The molecule has 0 aromatic heterocycles. The lowest BCUT2D eigenvalue weighted by molar-refractivity contribution is -0.115. The van der Waals surface area contributed by atoms with Gasteiger partial charge in [0, 0.05) is 0 Å². The molecule has 140 valence electrons. The Kier molecular flexibility index (Phi) is 5.45. The summed E-state index contributed by atoms with van der Waals surface area (Å²) < 4.78 is 16.2. The molecule has 1 N–H and O–H groups in total. The molecule has 6 nitrogen and oxygen atoms in total. The van der Waals surface area contributed by atoms with Gasteiger partial charge < -0.3 is 19.5 Å². The van der Waals surface area contributed by atoms with Crippen LogP contribution in [0.25, 0.3) is 6.08 Å². The molecule has 0 fully saturated rings. The molecule has 2 aromatic carbocycles. The van der Waals surface area contributed by atoms with E-state index in [1.807, 2.05) is 24.3 Å². The van der Waals surface area contributed by atoms with Crippen molar-refractivity contribution in [2.45, 2.75) is 13.3 Å². The van der Waals surface area contributed by atoms with Crippen molar-refractivity contribution >= 4 is 17.8 Å². The first-order chi connectivity index (χ1) is 13.1. The fraction of sp³-hybridized carbons (Fsp3) is 0.238. The van der Waals surface area contributed by atoms with E-state index in [0.29, 0.717) is 28.6 Å². The minimum absolute atomic E-state index is 0.271. The Hall–Kier alpha value is -3.28. The number of rotatable bonds is 6. The predicted molar refractivity (Wildman–Crippen MR) is 105 cm³/mol. The Bertz CT molecular complexity index is 910. The minimum atomic E-state index is -0.271. The molecule has 1 amide bonds. The van der Waals surface area contributed by atoms with Gasteiger partial charge in [-0.1, -0.05) is 19.1 Å². The van der Waals surface area contributed by atoms with Gasteiger partial charge in [0.05, 0.1) is 21.3 Å². The van der Waals surface area contributed by atoms with E-state index in [4.69, 9.17) is 14.2 Å². The van der Waals surface area contributed by atoms with Crippen LogP contribution < -0.4 is 19.5 Å². The van der Waals surface area contributed by atoms with Crippen LogP contribution in [-0.4, -0.2) is 33.1 Å². The number of hydrogen-bond acceptors (Lipinski definition) is 5. The number of carbonyl (C=O) groups is 1. The van der Waals surface area contributed by atoms with Crippen LogP contribution >= 0.6 is 0 Å². The molecular weight excluding hydrogens is 344 g/mol. The monoisotopic (exact) mass is 366 g/mol. The first kappa shape index (κ1) is 18.5. The zero-order valence-corrected chi connectivity index (χ0v) is 15.8. The topological polar surface area (TPSA) is 69.2 Å². The van der Waals surface area contributed by atoms with Crippen LogP contribution in [0.2, 0.25) is 0 Å². The third kappa shape index (κ3) is 3.65. The number of aryl methyl sites for hydroxylation is 1. The van der Waals surface area contributed by atoms with Crippen LogP contribution in [0.15, 0.2) is 47.1 Å². The number of nitrogens with zero attached hydrogens (tertiary/aromatic N) is 1. The minimum Gasteiger partial charge on any atom is -0.496 e. The van der Waals surface area contributed by atoms with E-state index in [-0.39, 0.29) is 5.91 Å². The molecule has 3 rings (SSSR count). The van der Waals surface area contributed by atoms with Crippen LogP contribution in [0.4, 0.5) is 0 Å². The molecule has 0 unspecified atom stereocenters. The summed E-state index contributed by atoms with van der Waals surface area (Å²) in [4.78, 5) is 16.9. The van der Waals surface area contributed by atoms with Crippen molar-refractivity contribution in [1.29, 1.82) is 0 Å². The number of amidine groups is 1. The number of amides is 1. The third-order valence-corrected chi connectivity index (χ3v) is 4.35. The molecule has 2 aromatic rings. The molecule has 0 atom stereocenters. The Morgan fingerprint density at radius 2 is 1.67 bits per heavy atom. The molecular formula is C21H22N2O4. The fourth-order valence-corrected chi connectivity index (χ4v) is 2.99. The second-order valence-electron chi connectivity index (χ2n) is 5.91. The van der Waals surface area contributed by atoms with Crippen molar-refractivity contribution < 1.29 is 19.0 Å². The summed E-state index contributed by atoms with van der Waals surface area (Å²) in [7, 11) is 4.78. The van der Waals surface area contributed by atoms with Gasteiger partial charge in [-0.05, 0) is 47.9 Å². The van der Waals surface area contributed by atoms with Gasteiger partial charge in [0.25, 0.3) is 5.91 Å². The Balaban J connectivity index is 2.02. The average molecular weight is 366 g/mol. The number of methoxy groups -OCH3 is 3. The summed E-state index contributed by atoms with van der Waals surface area (Å²) in [5, 5.41) is 2.80. The van der Waals surface area contributed by atoms with Crippen LogP contribution in [-0.2, 0) is 11.2 Å². The molecule has 0 saturated carbocycles. The Morgan fingerprint density at radius 1 is 1.00 bits per heavy atom. The van der Waals surface area contributed by atoms with E-state index >= 15 is 0 Å². The maximum Gasteiger partial charge on any atom is 0.275 e. The van der Waals surface area contributed by atoms with Crippen molar-refractivity contribution in [1.82, 2.24) is 5.32 Å². The highest BCUT2D eigenvalue weighted by Crippen LogP contribution is 2.30. The fourth-order valence-electron chi connectivity index (χ4n) is 2.99. The number of nitrogens with one attached hydrogen (secondary N) is 1. The summed E-state index contributed by atoms with van der Waals surface area (Å²) in [5.74, 6) is 2.12. The smallest absolute Gasteiger partial charge is 0.275 e. The highest BCUT2D eigenvalue weighted by Gasteiger charge is 2.26. The first-order valence-electron chi connectivity index (χ1n) is 8.61. The maximum atomic E-state index is 12.4. The number of aliphatic imine (C=N–C) groups is 1. The first-order valence-corrected chi connectivity index (χ1v) is 8.61. The maximum absolute atomic E-state index is 12.4. The molecule has 27 heavy (non-hydrogen) atoms. The SMILES string of the molecule is CCc1cc(/C=C2/N=C(c3c(OC)cccc3OC)NC2=O)ccc1OC. The molecule has 0 spiro atoms. The van der Waals surface area contributed by atoms with E-state index in [1.165, 1.54) is 0 Å². The van der Waals surface area contributed by atoms with Gasteiger partial charge in [-0.3, -0.25) is 4.79 Å². The van der Waals surface area contributed by atoms with Crippen LogP contribution in [0.3, 0.4) is 0 Å². The Morgan fingerprint density at radius 3 is 2.26 bits per heavy atom. The van der Waals surface area contributed by atoms with Crippen molar-refractivity contribution in [2.24, 2.45) is 4.99 Å². The van der Waals surface area contributed by atoms with Crippen LogP contribution in [0, 0.1) is 0 Å². The lowest BCUT2D eigenvalue weighted by Crippen LogP contribution is -2.25. The summed E-state index contributed by atoms with van der Waals surface area (Å²) in [6.07, 6.45) is 2.59. The van der Waals surface area contributed by atoms with E-state index < -0.39 is 0 Å². The van der Waals surface area contributed by atoms with Crippen molar-refractivity contribution in [3.63, 3.8) is 0 Å². The van der Waals surface area contributed by atoms with Gasteiger partial charge >= 0.3 is 0 Å². The van der Waals surface area contributed by atoms with E-state index in [9.17, 15) is 4.79 Å². The highest BCUT2D eigenvalue weighted by molar-refractivity contribution is 6.21. The summed E-state index contributed by atoms with van der Waals surface area (Å²) in [6, 6.07) is 11.2. The third-order valence-electron chi connectivity index (χ3n) is 4.35. The van der Waals surface area contributed by atoms with Crippen LogP contribution in [0.1, 0.15) is 23.6 Å². The van der Waals surface area contributed by atoms with Crippen molar-refractivity contribution in [3.8, 4) is 17.2 Å². The van der Waals surface area contributed by atoms with Crippen LogP contribution in [0.5, 0.6) is 17.2 Å². The summed E-state index contributed by atoms with van der Waals surface area (Å²) in [5.41, 5.74) is 2.89. The molecule has 1 aliphatic rings. The normalized spacial score (nSPS) is 14.7. The molecule has 0 bridgehead atoms. The highest BCUT2D eigenvalue weighted by atomic mass is 16.5. The number of carbonyl (C=O) groups excluding carboxylic acids is 1. The molecule has 0 aliphatic carbocycles. The average Bonchev–Trinajstić information content (AvgIpc) is 3.06. The predicted octanol–water partition coefficient (Wildman–Crippen LogP) is 3.19. The van der Waals surface area contributed by atoms with Crippen molar-refractivity contribution in [3.05, 3.63) is 58.8 Å². The lowest BCUT2D eigenvalue weighted by atomic mass is 10.1. The van der Waals surface area contributed by atoms with Gasteiger partial charge in [0.1, 0.15) is 34.3 Å². The summed E-state index contributed by atoms with van der Waals surface area (Å²) in [6.45, 7) is 2.06. The molecule has 1 aliphatic heterocycles. The van der Waals surface area contributed by atoms with Gasteiger partial charge in [-0.2, -0.15) is 0 Å². The van der Waals surface area contributed by atoms with Gasteiger partial charge in [-0.15, -0.1) is 0 Å². The molecule has 0 saturated heterocycles. The zero-order chi connectivity index (χ0) is 19.4. The quantitative estimate of drug-likeness (QED) is 0.797. The van der Waals surface area contributed by atoms with Gasteiger partial charge in [-0.25, -0.2) is 4.99 Å². The zero-order valence-electron chi connectivity index (χ0n) is 15.8. The van der Waals surface area contributed by atoms with E-state index in [0.717, 1.165) is 23.3 Å². The number of ether oxygens (including phenoxy) is 3. The standard InChI is InChI=1S/C21H22N2O4/c1-5-14-11-13(9-10-16(14)25-2)12-15-21(24)23-20(22-15)19-17(26-3)7-6-8-18(19)27-4/h6-12H,5H2,1-4H3,(H,22,23,24)/b15-12+. The number of benzene rings is 2. The van der Waals surface area contributed by atoms with Gasteiger partial charge in [0.15, 0.2) is 0 Å². The van der Waals surface area contributed by atoms with E-state index in [2.05, 4.69) is 17.2 Å². The second-order valence-corrected chi connectivity index (χ2v) is 5.91. The number of hydrogen-bond donors (Lipinski definition) is 1. The van der Waals surface area contributed by atoms with Gasteiger partial charge in [0.2, 0.25) is 0 Å². The van der Waals surface area contributed by atoms with E-state index in [1.54, 1.807) is 39.5 Å². The largest absolute Gasteiger partial charge is 0.496 e. The summed E-state index contributed by atoms with van der Waals surface area (Å²) >= 11 is 0. The molecule has 0 radical (unpaired) electrons. The molecule has 6 heteroatoms. The molecule has 1 heterocycles. The lowest BCUT2D eigenvalue weighted by Gasteiger charge is -2.12. The Labute approximate surface area is 158 Å². The van der Waals surface area contributed by atoms with Crippen molar-refractivity contribution in [2.75, 3.05) is 21.3 Å².